The molecule has 11 heteroatoms. The fourth-order valence-corrected chi connectivity index (χ4v) is 3.90. The third-order valence-electron chi connectivity index (χ3n) is 4.36. The van der Waals surface area contributed by atoms with Crippen LogP contribution in [0.2, 0.25) is 0 Å². The van der Waals surface area contributed by atoms with E-state index in [9.17, 15) is 18.0 Å². The van der Waals surface area contributed by atoms with Gasteiger partial charge in [-0.3, -0.25) is 9.78 Å². The van der Waals surface area contributed by atoms with Gasteiger partial charge in [-0.1, -0.05) is 12.1 Å². The summed E-state index contributed by atoms with van der Waals surface area (Å²) < 4.78 is 39.2. The van der Waals surface area contributed by atoms with E-state index in [1.54, 1.807) is 26.6 Å². The number of halogens is 3. The van der Waals surface area contributed by atoms with Crippen LogP contribution in [0.25, 0.3) is 32.5 Å². The van der Waals surface area contributed by atoms with Crippen molar-refractivity contribution in [3.8, 4) is 28.1 Å². The van der Waals surface area contributed by atoms with E-state index in [0.29, 0.717) is 5.39 Å². The number of aliphatic carboxylic acids is 1. The third-order valence-corrected chi connectivity index (χ3v) is 5.35. The molecule has 0 radical (unpaired) electrons. The number of alkyl halides is 3. The van der Waals surface area contributed by atoms with Crippen LogP contribution in [0, 0.1) is 0 Å². The number of carbonyl (C=O) groups is 1. The van der Waals surface area contributed by atoms with Crippen LogP contribution in [0.5, 0.6) is 5.75 Å². The van der Waals surface area contributed by atoms with Crippen LogP contribution in [-0.4, -0.2) is 39.1 Å². The number of hydrogen-bond donors (Lipinski definition) is 1. The van der Waals surface area contributed by atoms with Gasteiger partial charge in [-0.15, -0.1) is 11.3 Å². The Bertz CT molecular complexity index is 1300. The van der Waals surface area contributed by atoms with Crippen molar-refractivity contribution in [3.05, 3.63) is 64.5 Å². The normalized spacial score (nSPS) is 11.0. The quantitative estimate of drug-likeness (QED) is 0.485. The van der Waals surface area contributed by atoms with E-state index >= 15 is 0 Å². The Balaban J connectivity index is 0.000000360. The molecule has 0 spiro atoms. The number of pyridine rings is 1. The highest BCUT2D eigenvalue weighted by molar-refractivity contribution is 7.18. The van der Waals surface area contributed by atoms with Gasteiger partial charge in [0.1, 0.15) is 11.4 Å². The molecule has 0 bridgehead atoms. The molecule has 0 unspecified atom stereocenters. The highest BCUT2D eigenvalue weighted by Crippen LogP contribution is 2.36. The van der Waals surface area contributed by atoms with Gasteiger partial charge in [0.15, 0.2) is 0 Å². The third kappa shape index (κ3) is 4.78. The number of carboxylic acids is 1. The highest BCUT2D eigenvalue weighted by Gasteiger charge is 2.38. The summed E-state index contributed by atoms with van der Waals surface area (Å²) in [6, 6.07) is 11.5. The molecule has 0 fully saturated rings. The second-order valence-corrected chi connectivity index (χ2v) is 7.28. The van der Waals surface area contributed by atoms with Crippen LogP contribution in [-0.2, 0) is 11.8 Å². The zero-order valence-corrected chi connectivity index (χ0v) is 17.6. The van der Waals surface area contributed by atoms with Gasteiger partial charge in [0, 0.05) is 35.9 Å². The van der Waals surface area contributed by atoms with E-state index in [0.717, 1.165) is 32.8 Å². The first kappa shape index (κ1) is 22.9. The Morgan fingerprint density at radius 3 is 2.22 bits per heavy atom. The van der Waals surface area contributed by atoms with Gasteiger partial charge in [-0.25, -0.2) is 9.48 Å². The van der Waals surface area contributed by atoms with Crippen molar-refractivity contribution in [3.63, 3.8) is 0 Å². The lowest BCUT2D eigenvalue weighted by molar-refractivity contribution is -0.192. The second-order valence-electron chi connectivity index (χ2n) is 6.40. The van der Waals surface area contributed by atoms with Crippen molar-refractivity contribution in [2.24, 2.45) is 7.05 Å². The summed E-state index contributed by atoms with van der Waals surface area (Å²) in [5.41, 5.74) is 3.54. The van der Waals surface area contributed by atoms with Gasteiger partial charge in [0.05, 0.1) is 17.2 Å². The number of aromatic nitrogens is 3. The first-order valence-corrected chi connectivity index (χ1v) is 9.85. The average Bonchev–Trinajstić information content (AvgIpc) is 3.22. The maximum atomic E-state index is 12.8. The van der Waals surface area contributed by atoms with Crippen LogP contribution < -0.4 is 10.3 Å². The predicted molar refractivity (Wildman–Crippen MR) is 114 cm³/mol. The smallest absolute Gasteiger partial charge is 0.490 e. The van der Waals surface area contributed by atoms with Crippen molar-refractivity contribution >= 4 is 27.4 Å². The zero-order chi connectivity index (χ0) is 23.5. The summed E-state index contributed by atoms with van der Waals surface area (Å²) in [5.74, 6) is -1.97. The molecular formula is C21H16F3N3O4S. The molecule has 0 saturated carbocycles. The van der Waals surface area contributed by atoms with Gasteiger partial charge >= 0.3 is 12.1 Å². The summed E-state index contributed by atoms with van der Waals surface area (Å²) in [5, 5.41) is 14.3. The number of hydrogen-bond acceptors (Lipinski definition) is 6. The second kappa shape index (κ2) is 9.18. The summed E-state index contributed by atoms with van der Waals surface area (Å²) in [4.78, 5) is 25.7. The van der Waals surface area contributed by atoms with Gasteiger partial charge < -0.3 is 9.84 Å². The summed E-state index contributed by atoms with van der Waals surface area (Å²) >= 11 is 1.54. The van der Waals surface area contributed by atoms with Crippen molar-refractivity contribution in [1.29, 1.82) is 0 Å². The number of methoxy groups -OCH3 is 1. The van der Waals surface area contributed by atoms with Crippen LogP contribution in [0.4, 0.5) is 13.2 Å². The minimum atomic E-state index is -5.08. The molecule has 3 aromatic heterocycles. The molecule has 1 aromatic carbocycles. The van der Waals surface area contributed by atoms with Crippen molar-refractivity contribution in [2.45, 2.75) is 6.18 Å². The van der Waals surface area contributed by atoms with E-state index in [1.807, 2.05) is 41.8 Å². The Hall–Kier alpha value is -3.73. The van der Waals surface area contributed by atoms with Gasteiger partial charge in [0.25, 0.3) is 5.56 Å². The van der Waals surface area contributed by atoms with Crippen LogP contribution in [0.3, 0.4) is 0 Å². The molecule has 3 heterocycles. The summed E-state index contributed by atoms with van der Waals surface area (Å²) in [6.45, 7) is 0. The number of thiophene rings is 1. The van der Waals surface area contributed by atoms with Crippen LogP contribution in [0.1, 0.15) is 0 Å². The molecule has 4 aromatic rings. The number of ether oxygens (including phenoxy) is 1. The molecule has 0 aliphatic carbocycles. The van der Waals surface area contributed by atoms with Gasteiger partial charge in [-0.2, -0.15) is 18.3 Å². The van der Waals surface area contributed by atoms with Crippen LogP contribution >= 0.6 is 11.3 Å². The standard InChI is InChI=1S/C19H15N3O2S.C2HF3O2/c1-22-19(23)16-15(12-3-5-14(24-2)6-4-12)11-25-18(16)17(21-22)13-7-9-20-10-8-13;3-2(4,5)1(6)7/h3-11H,1-2H3;(H,6,7). The number of rotatable bonds is 3. The molecule has 0 saturated heterocycles. The van der Waals surface area contributed by atoms with E-state index in [4.69, 9.17) is 14.6 Å². The lowest BCUT2D eigenvalue weighted by Gasteiger charge is -2.07. The van der Waals surface area contributed by atoms with Crippen molar-refractivity contribution in [2.75, 3.05) is 7.11 Å². The first-order valence-electron chi connectivity index (χ1n) is 8.97. The van der Waals surface area contributed by atoms with Gasteiger partial charge in [-0.05, 0) is 29.8 Å². The SMILES string of the molecule is COc1ccc(-c2csc3c(-c4ccncc4)nn(C)c(=O)c23)cc1.O=C(O)C(F)(F)F. The van der Waals surface area contributed by atoms with E-state index in [2.05, 4.69) is 10.1 Å². The lowest BCUT2D eigenvalue weighted by Crippen LogP contribution is -2.21. The minimum absolute atomic E-state index is 0.0973. The molecule has 4 rings (SSSR count). The highest BCUT2D eigenvalue weighted by atomic mass is 32.1. The molecule has 166 valence electrons. The predicted octanol–water partition coefficient (Wildman–Crippen LogP) is 4.37. The molecule has 0 amide bonds. The fourth-order valence-electron chi connectivity index (χ4n) is 2.83. The molecule has 0 aliphatic heterocycles. The first-order chi connectivity index (χ1) is 15.1. The van der Waals surface area contributed by atoms with Crippen molar-refractivity contribution in [1.82, 2.24) is 14.8 Å². The molecule has 32 heavy (non-hydrogen) atoms. The number of aryl methyl sites for hydroxylation is 1. The van der Waals surface area contributed by atoms with Gasteiger partial charge in [0.2, 0.25) is 0 Å². The zero-order valence-electron chi connectivity index (χ0n) is 16.8. The van der Waals surface area contributed by atoms with E-state index in [1.165, 1.54) is 16.0 Å². The summed E-state index contributed by atoms with van der Waals surface area (Å²) in [7, 11) is 3.32. The number of benzene rings is 1. The van der Waals surface area contributed by atoms with Crippen LogP contribution in [0.15, 0.2) is 59.0 Å². The maximum absolute atomic E-state index is 12.8. The Morgan fingerprint density at radius 2 is 1.69 bits per heavy atom. The molecule has 0 atom stereocenters. The fraction of sp³-hybridized carbons (Fsp3) is 0.143. The molecule has 0 aliphatic rings. The van der Waals surface area contributed by atoms with E-state index in [-0.39, 0.29) is 5.56 Å². The topological polar surface area (TPSA) is 94.3 Å². The van der Waals surface area contributed by atoms with Crippen molar-refractivity contribution < 1.29 is 27.8 Å². The molecule has 1 N–H and O–H groups in total. The Kier molecular flexibility index (Phi) is 6.58. The number of carboxylic acid groups (broad SMARTS) is 1. The summed E-state index contributed by atoms with van der Waals surface area (Å²) in [6.07, 6.45) is -1.63. The molecule has 7 nitrogen and oxygen atoms in total. The van der Waals surface area contributed by atoms with E-state index < -0.39 is 12.1 Å². The minimum Gasteiger partial charge on any atom is -0.497 e. The molecular weight excluding hydrogens is 447 g/mol. The number of nitrogens with zero attached hydrogens (tertiary/aromatic N) is 3. The Morgan fingerprint density at radius 1 is 1.09 bits per heavy atom. The monoisotopic (exact) mass is 463 g/mol. The number of fused-ring (bicyclic) bond motifs is 1. The Labute approximate surface area is 183 Å². The lowest BCUT2D eigenvalue weighted by atomic mass is 10.0. The average molecular weight is 463 g/mol. The largest absolute Gasteiger partial charge is 0.497 e. The maximum Gasteiger partial charge on any atom is 0.490 e.